The highest BCUT2D eigenvalue weighted by Gasteiger charge is 2.09. The summed E-state index contributed by atoms with van der Waals surface area (Å²) in [6, 6.07) is 9.72. The predicted molar refractivity (Wildman–Crippen MR) is 74.1 cm³/mol. The van der Waals surface area contributed by atoms with E-state index in [2.05, 4.69) is 18.3 Å². The van der Waals surface area contributed by atoms with Gasteiger partial charge in [0.1, 0.15) is 0 Å². The van der Waals surface area contributed by atoms with Gasteiger partial charge in [-0.1, -0.05) is 36.5 Å². The van der Waals surface area contributed by atoms with Gasteiger partial charge in [-0.15, -0.1) is 0 Å². The molecule has 1 heterocycles. The molecule has 4 nitrogen and oxygen atoms in total. The maximum atomic E-state index is 10.6. The van der Waals surface area contributed by atoms with Crippen molar-refractivity contribution >= 4 is 22.0 Å². The molecule has 0 amide bonds. The number of para-hydroxylation sites is 1. The lowest BCUT2D eigenvalue weighted by Gasteiger charge is -2.09. The zero-order valence-corrected chi connectivity index (χ0v) is 10.9. The minimum absolute atomic E-state index is 0.190. The fraction of sp³-hybridized carbons (Fsp3) is 0.231. The van der Waals surface area contributed by atoms with Gasteiger partial charge >= 0.3 is 5.00 Å². The topological polar surface area (TPSA) is 55.2 Å². The zero-order chi connectivity index (χ0) is 13.0. The Bertz CT molecular complexity index is 551. The molecule has 2 aromatic rings. The van der Waals surface area contributed by atoms with Crippen LogP contribution in [0, 0.1) is 10.1 Å². The molecule has 0 radical (unpaired) electrons. The summed E-state index contributed by atoms with van der Waals surface area (Å²) in [5.74, 6) is 0. The Kier molecular flexibility index (Phi) is 3.94. The highest BCUT2D eigenvalue weighted by Crippen LogP contribution is 2.24. The summed E-state index contributed by atoms with van der Waals surface area (Å²) in [4.78, 5) is 10.2. The lowest BCUT2D eigenvalue weighted by Crippen LogP contribution is -2.00. The van der Waals surface area contributed by atoms with Crippen LogP contribution in [0.5, 0.6) is 0 Å². The summed E-state index contributed by atoms with van der Waals surface area (Å²) in [7, 11) is 0. The van der Waals surface area contributed by atoms with Crippen LogP contribution in [0.1, 0.15) is 18.1 Å². The van der Waals surface area contributed by atoms with E-state index in [1.807, 2.05) is 23.6 Å². The fourth-order valence-electron chi connectivity index (χ4n) is 1.75. The number of nitrogens with zero attached hydrogens (tertiary/aromatic N) is 1. The summed E-state index contributed by atoms with van der Waals surface area (Å²) in [6.07, 6.45) is 0.965. The first-order valence-electron chi connectivity index (χ1n) is 5.74. The number of thiophene rings is 1. The Morgan fingerprint density at radius 1 is 1.39 bits per heavy atom. The summed E-state index contributed by atoms with van der Waals surface area (Å²) < 4.78 is 0. The van der Waals surface area contributed by atoms with E-state index in [1.54, 1.807) is 6.07 Å². The first kappa shape index (κ1) is 12.6. The number of aryl methyl sites for hydroxylation is 1. The largest absolute Gasteiger partial charge is 0.381 e. The molecule has 0 aliphatic carbocycles. The molecule has 0 spiro atoms. The van der Waals surface area contributed by atoms with Crippen LogP contribution in [0.3, 0.4) is 0 Å². The Hall–Kier alpha value is -1.88. The Labute approximate surface area is 109 Å². The van der Waals surface area contributed by atoms with Crippen molar-refractivity contribution in [3.8, 4) is 0 Å². The average Bonchev–Trinajstić information content (AvgIpc) is 2.85. The number of benzene rings is 1. The summed E-state index contributed by atoms with van der Waals surface area (Å²) in [5.41, 5.74) is 3.29. The van der Waals surface area contributed by atoms with Crippen molar-refractivity contribution < 1.29 is 4.92 Å². The lowest BCUT2D eigenvalue weighted by atomic mass is 10.1. The van der Waals surface area contributed by atoms with E-state index in [1.165, 1.54) is 5.56 Å². The molecular weight excluding hydrogens is 248 g/mol. The van der Waals surface area contributed by atoms with E-state index in [-0.39, 0.29) is 9.92 Å². The van der Waals surface area contributed by atoms with Crippen LogP contribution in [0.4, 0.5) is 10.7 Å². The monoisotopic (exact) mass is 262 g/mol. The van der Waals surface area contributed by atoms with E-state index in [4.69, 9.17) is 0 Å². The van der Waals surface area contributed by atoms with Gasteiger partial charge in [0.05, 0.1) is 4.92 Å². The van der Waals surface area contributed by atoms with Crippen molar-refractivity contribution in [2.45, 2.75) is 19.9 Å². The number of hydrogen-bond acceptors (Lipinski definition) is 4. The van der Waals surface area contributed by atoms with Gasteiger partial charge in [-0.25, -0.2) is 0 Å². The number of anilines is 1. The van der Waals surface area contributed by atoms with Gasteiger partial charge in [-0.05, 0) is 23.6 Å². The third-order valence-corrected chi connectivity index (χ3v) is 3.63. The van der Waals surface area contributed by atoms with Crippen LogP contribution in [-0.2, 0) is 13.0 Å². The third-order valence-electron chi connectivity index (χ3n) is 2.70. The van der Waals surface area contributed by atoms with E-state index < -0.39 is 0 Å². The van der Waals surface area contributed by atoms with E-state index in [9.17, 15) is 10.1 Å². The molecule has 0 bridgehead atoms. The van der Waals surface area contributed by atoms with Crippen molar-refractivity contribution in [3.05, 3.63) is 57.0 Å². The van der Waals surface area contributed by atoms with Crippen LogP contribution >= 0.6 is 11.3 Å². The lowest BCUT2D eigenvalue weighted by molar-refractivity contribution is -0.380. The molecule has 0 aliphatic rings. The molecule has 0 saturated heterocycles. The highest BCUT2D eigenvalue weighted by atomic mass is 32.1. The first-order valence-corrected chi connectivity index (χ1v) is 6.62. The molecule has 18 heavy (non-hydrogen) atoms. The van der Waals surface area contributed by atoms with Crippen molar-refractivity contribution in [3.63, 3.8) is 0 Å². The molecule has 0 unspecified atom stereocenters. The first-order chi connectivity index (χ1) is 8.70. The van der Waals surface area contributed by atoms with E-state index in [0.29, 0.717) is 6.54 Å². The van der Waals surface area contributed by atoms with Crippen LogP contribution < -0.4 is 5.32 Å². The second-order valence-electron chi connectivity index (χ2n) is 3.91. The van der Waals surface area contributed by atoms with Gasteiger partial charge in [0.2, 0.25) is 0 Å². The summed E-state index contributed by atoms with van der Waals surface area (Å²) in [6.45, 7) is 2.72. The average molecular weight is 262 g/mol. The van der Waals surface area contributed by atoms with Crippen LogP contribution in [-0.4, -0.2) is 4.92 Å². The molecule has 1 aromatic heterocycles. The number of hydrogen-bond donors (Lipinski definition) is 1. The van der Waals surface area contributed by atoms with E-state index in [0.717, 1.165) is 29.0 Å². The minimum atomic E-state index is -0.353. The number of nitro groups is 1. The fourth-order valence-corrected chi connectivity index (χ4v) is 2.48. The number of nitrogens with one attached hydrogen (secondary N) is 1. The van der Waals surface area contributed by atoms with E-state index >= 15 is 0 Å². The molecule has 94 valence electrons. The van der Waals surface area contributed by atoms with Gasteiger partial charge in [-0.3, -0.25) is 10.1 Å². The molecule has 5 heteroatoms. The summed E-state index contributed by atoms with van der Waals surface area (Å²) >= 11 is 1.16. The molecule has 0 fully saturated rings. The third kappa shape index (κ3) is 2.87. The van der Waals surface area contributed by atoms with Crippen molar-refractivity contribution in [2.24, 2.45) is 0 Å². The molecule has 0 aliphatic heterocycles. The Morgan fingerprint density at radius 2 is 2.17 bits per heavy atom. The molecule has 1 aromatic carbocycles. The highest BCUT2D eigenvalue weighted by molar-refractivity contribution is 7.13. The second kappa shape index (κ2) is 5.64. The Balaban J connectivity index is 2.04. The molecule has 2 rings (SSSR count). The minimum Gasteiger partial charge on any atom is -0.381 e. The predicted octanol–water partition coefficient (Wildman–Crippen LogP) is 3.83. The molecule has 1 N–H and O–H groups in total. The van der Waals surface area contributed by atoms with Crippen molar-refractivity contribution in [1.29, 1.82) is 0 Å². The van der Waals surface area contributed by atoms with Crippen molar-refractivity contribution in [2.75, 3.05) is 5.32 Å². The second-order valence-corrected chi connectivity index (χ2v) is 4.80. The summed E-state index contributed by atoms with van der Waals surface area (Å²) in [5, 5.41) is 15.9. The van der Waals surface area contributed by atoms with Gasteiger partial charge < -0.3 is 5.32 Å². The smallest absolute Gasteiger partial charge is 0.324 e. The number of rotatable bonds is 5. The Morgan fingerprint density at radius 3 is 2.83 bits per heavy atom. The van der Waals surface area contributed by atoms with Gasteiger partial charge in [0, 0.05) is 23.7 Å². The van der Waals surface area contributed by atoms with Crippen LogP contribution in [0.15, 0.2) is 35.7 Å². The standard InChI is InChI=1S/C13H14N2O2S/c1-2-11-5-3-4-6-12(11)14-8-10-7-13(15(16)17)18-9-10/h3-7,9,14H,2,8H2,1H3. The maximum Gasteiger partial charge on any atom is 0.324 e. The van der Waals surface area contributed by atoms with Crippen LogP contribution in [0.25, 0.3) is 0 Å². The quantitative estimate of drug-likeness (QED) is 0.658. The maximum absolute atomic E-state index is 10.6. The molecule has 0 saturated carbocycles. The SMILES string of the molecule is CCc1ccccc1NCc1csc([N+](=O)[O-])c1. The zero-order valence-electron chi connectivity index (χ0n) is 10.1. The van der Waals surface area contributed by atoms with Gasteiger partial charge in [-0.2, -0.15) is 0 Å². The molecular formula is C13H14N2O2S. The van der Waals surface area contributed by atoms with Crippen molar-refractivity contribution in [1.82, 2.24) is 0 Å². The normalized spacial score (nSPS) is 10.3. The van der Waals surface area contributed by atoms with Crippen LogP contribution in [0.2, 0.25) is 0 Å². The molecule has 0 atom stereocenters. The van der Waals surface area contributed by atoms with Gasteiger partial charge in [0.25, 0.3) is 0 Å². The van der Waals surface area contributed by atoms with Gasteiger partial charge in [0.15, 0.2) is 0 Å².